The molecule has 0 unspecified atom stereocenters. The van der Waals surface area contributed by atoms with Crippen molar-refractivity contribution in [2.45, 2.75) is 56.5 Å². The third kappa shape index (κ3) is 2.28. The van der Waals surface area contributed by atoms with Crippen molar-refractivity contribution in [1.82, 2.24) is 10.2 Å². The van der Waals surface area contributed by atoms with Crippen LogP contribution in [0.25, 0.3) is 0 Å². The fraction of sp³-hybridized carbons (Fsp3) is 0.923. The standard InChI is InChI=1S/C13H23N3O/c14-13(10-6-7-10)8-16(9-13)12(17)15-11-4-2-1-3-5-11/h10-11H,1-9,14H2,(H,15,17). The monoisotopic (exact) mass is 237 g/mol. The molecule has 2 aliphatic carbocycles. The van der Waals surface area contributed by atoms with Crippen molar-refractivity contribution >= 4 is 6.03 Å². The summed E-state index contributed by atoms with van der Waals surface area (Å²) in [6.45, 7) is 1.52. The van der Waals surface area contributed by atoms with Gasteiger partial charge in [-0.3, -0.25) is 0 Å². The molecule has 0 atom stereocenters. The van der Waals surface area contributed by atoms with E-state index >= 15 is 0 Å². The van der Waals surface area contributed by atoms with Crippen molar-refractivity contribution in [1.29, 1.82) is 0 Å². The lowest BCUT2D eigenvalue weighted by molar-refractivity contribution is 0.0792. The lowest BCUT2D eigenvalue weighted by atomic mass is 9.86. The molecule has 1 saturated heterocycles. The van der Waals surface area contributed by atoms with E-state index in [4.69, 9.17) is 5.73 Å². The zero-order valence-electron chi connectivity index (χ0n) is 10.5. The Balaban J connectivity index is 1.44. The Hall–Kier alpha value is -0.770. The molecule has 2 saturated carbocycles. The van der Waals surface area contributed by atoms with Crippen LogP contribution < -0.4 is 11.1 Å². The van der Waals surface area contributed by atoms with Gasteiger partial charge >= 0.3 is 6.03 Å². The minimum Gasteiger partial charge on any atom is -0.335 e. The summed E-state index contributed by atoms with van der Waals surface area (Å²) >= 11 is 0. The number of hydrogen-bond donors (Lipinski definition) is 2. The number of nitrogens with one attached hydrogen (secondary N) is 1. The number of nitrogens with zero attached hydrogens (tertiary/aromatic N) is 1. The van der Waals surface area contributed by atoms with Crippen molar-refractivity contribution in [3.63, 3.8) is 0 Å². The third-order valence-electron chi connectivity index (χ3n) is 4.58. The smallest absolute Gasteiger partial charge is 0.317 e. The van der Waals surface area contributed by atoms with E-state index in [9.17, 15) is 4.79 Å². The Labute approximate surface area is 103 Å². The molecule has 4 nitrogen and oxygen atoms in total. The third-order valence-corrected chi connectivity index (χ3v) is 4.58. The van der Waals surface area contributed by atoms with Crippen molar-refractivity contribution in [3.05, 3.63) is 0 Å². The second-order valence-corrected chi connectivity index (χ2v) is 6.15. The van der Waals surface area contributed by atoms with Crippen LogP contribution >= 0.6 is 0 Å². The minimum absolute atomic E-state index is 0.0517. The molecule has 17 heavy (non-hydrogen) atoms. The number of urea groups is 1. The fourth-order valence-electron chi connectivity index (χ4n) is 3.24. The van der Waals surface area contributed by atoms with Gasteiger partial charge in [0, 0.05) is 19.1 Å². The van der Waals surface area contributed by atoms with Crippen LogP contribution in [-0.4, -0.2) is 35.6 Å². The molecular weight excluding hydrogens is 214 g/mol. The van der Waals surface area contributed by atoms with Gasteiger partial charge in [0.25, 0.3) is 0 Å². The maximum atomic E-state index is 12.0. The quantitative estimate of drug-likeness (QED) is 0.763. The first-order valence-electron chi connectivity index (χ1n) is 7.02. The summed E-state index contributed by atoms with van der Waals surface area (Å²) in [6, 6.07) is 0.517. The molecule has 0 spiro atoms. The zero-order valence-corrected chi connectivity index (χ0v) is 10.5. The summed E-state index contributed by atoms with van der Waals surface area (Å²) in [4.78, 5) is 13.9. The molecule has 0 bridgehead atoms. The first-order valence-corrected chi connectivity index (χ1v) is 7.02. The Morgan fingerprint density at radius 1 is 1.12 bits per heavy atom. The molecule has 3 rings (SSSR count). The van der Waals surface area contributed by atoms with Crippen LogP contribution in [0.1, 0.15) is 44.9 Å². The fourth-order valence-corrected chi connectivity index (χ4v) is 3.24. The molecule has 2 amide bonds. The van der Waals surface area contributed by atoms with E-state index in [0.717, 1.165) is 25.9 Å². The van der Waals surface area contributed by atoms with Crippen molar-refractivity contribution in [2.24, 2.45) is 11.7 Å². The highest BCUT2D eigenvalue weighted by molar-refractivity contribution is 5.76. The van der Waals surface area contributed by atoms with Gasteiger partial charge in [-0.2, -0.15) is 0 Å². The van der Waals surface area contributed by atoms with Crippen LogP contribution in [0.3, 0.4) is 0 Å². The minimum atomic E-state index is -0.0517. The second kappa shape index (κ2) is 4.16. The predicted octanol–water partition coefficient (Wildman–Crippen LogP) is 1.45. The van der Waals surface area contributed by atoms with Gasteiger partial charge in [0.1, 0.15) is 0 Å². The highest BCUT2D eigenvalue weighted by Gasteiger charge is 2.51. The van der Waals surface area contributed by atoms with Gasteiger partial charge in [0.15, 0.2) is 0 Å². The Morgan fingerprint density at radius 3 is 2.35 bits per heavy atom. The van der Waals surface area contributed by atoms with Crippen LogP contribution in [0.15, 0.2) is 0 Å². The van der Waals surface area contributed by atoms with Gasteiger partial charge in [-0.1, -0.05) is 19.3 Å². The number of amides is 2. The van der Waals surface area contributed by atoms with Gasteiger partial charge in [-0.05, 0) is 31.6 Å². The first kappa shape index (κ1) is 11.3. The van der Waals surface area contributed by atoms with Gasteiger partial charge in [0.2, 0.25) is 0 Å². The normalized spacial score (nSPS) is 28.6. The summed E-state index contributed by atoms with van der Waals surface area (Å²) in [5.41, 5.74) is 6.20. The Bertz CT molecular complexity index is 302. The number of hydrogen-bond acceptors (Lipinski definition) is 2. The second-order valence-electron chi connectivity index (χ2n) is 6.15. The zero-order chi connectivity index (χ0) is 11.9. The van der Waals surface area contributed by atoms with E-state index in [1.807, 2.05) is 4.90 Å². The molecule has 3 aliphatic rings. The molecule has 4 heteroatoms. The number of carbonyl (C=O) groups excluding carboxylic acids is 1. The number of nitrogens with two attached hydrogens (primary N) is 1. The van der Waals surface area contributed by atoms with E-state index in [1.54, 1.807) is 0 Å². The average molecular weight is 237 g/mol. The summed E-state index contributed by atoms with van der Waals surface area (Å²) in [6.07, 6.45) is 8.65. The van der Waals surface area contributed by atoms with Gasteiger partial charge in [-0.25, -0.2) is 4.79 Å². The molecule has 0 radical (unpaired) electrons. The SMILES string of the molecule is NC1(C2CC2)CN(C(=O)NC2CCCCC2)C1. The molecule has 3 fully saturated rings. The molecule has 96 valence electrons. The largest absolute Gasteiger partial charge is 0.335 e. The Kier molecular flexibility index (Phi) is 2.77. The van der Waals surface area contributed by atoms with Crippen LogP contribution in [0.5, 0.6) is 0 Å². The van der Waals surface area contributed by atoms with Gasteiger partial charge < -0.3 is 16.0 Å². The van der Waals surface area contributed by atoms with Crippen molar-refractivity contribution < 1.29 is 4.79 Å². The summed E-state index contributed by atoms with van der Waals surface area (Å²) in [5, 5.41) is 3.15. The van der Waals surface area contributed by atoms with Crippen LogP contribution in [-0.2, 0) is 0 Å². The van der Waals surface area contributed by atoms with Crippen molar-refractivity contribution in [3.8, 4) is 0 Å². The first-order chi connectivity index (χ1) is 8.17. The summed E-state index contributed by atoms with van der Waals surface area (Å²) in [7, 11) is 0. The van der Waals surface area contributed by atoms with Crippen LogP contribution in [0.4, 0.5) is 4.79 Å². The number of rotatable bonds is 2. The number of likely N-dealkylation sites (tertiary alicyclic amines) is 1. The molecule has 0 aromatic heterocycles. The molecular formula is C13H23N3O. The van der Waals surface area contributed by atoms with E-state index in [0.29, 0.717) is 12.0 Å². The molecule has 0 aromatic carbocycles. The lowest BCUT2D eigenvalue weighted by Gasteiger charge is -2.48. The topological polar surface area (TPSA) is 58.4 Å². The molecule has 1 aliphatic heterocycles. The predicted molar refractivity (Wildman–Crippen MR) is 66.6 cm³/mol. The molecule has 3 N–H and O–H groups in total. The maximum absolute atomic E-state index is 12.0. The van der Waals surface area contributed by atoms with Gasteiger partial charge in [-0.15, -0.1) is 0 Å². The van der Waals surface area contributed by atoms with Crippen LogP contribution in [0.2, 0.25) is 0 Å². The average Bonchev–Trinajstić information content (AvgIpc) is 3.10. The molecule has 1 heterocycles. The Morgan fingerprint density at radius 2 is 1.76 bits per heavy atom. The van der Waals surface area contributed by atoms with Gasteiger partial charge in [0.05, 0.1) is 5.54 Å². The van der Waals surface area contributed by atoms with E-state index in [-0.39, 0.29) is 11.6 Å². The van der Waals surface area contributed by atoms with Crippen molar-refractivity contribution in [2.75, 3.05) is 13.1 Å². The molecule has 0 aromatic rings. The maximum Gasteiger partial charge on any atom is 0.317 e. The summed E-state index contributed by atoms with van der Waals surface area (Å²) < 4.78 is 0. The highest BCUT2D eigenvalue weighted by Crippen LogP contribution is 2.42. The van der Waals surface area contributed by atoms with E-state index < -0.39 is 0 Å². The number of carbonyl (C=O) groups is 1. The highest BCUT2D eigenvalue weighted by atomic mass is 16.2. The van der Waals surface area contributed by atoms with Crippen LogP contribution in [0, 0.1) is 5.92 Å². The van der Waals surface area contributed by atoms with E-state index in [1.165, 1.54) is 32.1 Å². The lowest BCUT2D eigenvalue weighted by Crippen LogP contribution is -2.71. The summed E-state index contributed by atoms with van der Waals surface area (Å²) in [5.74, 6) is 0.682. The van der Waals surface area contributed by atoms with E-state index in [2.05, 4.69) is 5.32 Å².